The number of piperidine rings is 1. The molecular formula is C29H35FN6O3. The number of aliphatic hydroxyl groups excluding tert-OH is 1. The Morgan fingerprint density at radius 3 is 2.87 bits per heavy atom. The number of likely N-dealkylation sites (tertiary alicyclic amines) is 1. The van der Waals surface area contributed by atoms with Crippen molar-refractivity contribution in [2.24, 2.45) is 0 Å². The number of fused-ring (bicyclic) bond motifs is 1. The SMILES string of the molecule is [C-]#[N+]C1CCCCN1Cc1c(C)c(=O)c2ccc(-c3nc(N[C@@H]4CCOC[C@H]4O)ncc3F)cc2n1C(C)C. The van der Waals surface area contributed by atoms with Crippen molar-refractivity contribution in [2.45, 2.75) is 77.4 Å². The molecule has 0 radical (unpaired) electrons. The Labute approximate surface area is 227 Å². The molecule has 0 aliphatic carbocycles. The predicted octanol–water partition coefficient (Wildman–Crippen LogP) is 4.28. The summed E-state index contributed by atoms with van der Waals surface area (Å²) in [6.45, 7) is 15.7. The van der Waals surface area contributed by atoms with Crippen LogP contribution in [0.1, 0.15) is 56.8 Å². The molecular weight excluding hydrogens is 499 g/mol. The maximum atomic E-state index is 15.1. The van der Waals surface area contributed by atoms with Gasteiger partial charge in [0.1, 0.15) is 5.69 Å². The molecule has 2 aromatic heterocycles. The molecule has 4 heterocycles. The van der Waals surface area contributed by atoms with Gasteiger partial charge in [-0.15, -0.1) is 0 Å². The van der Waals surface area contributed by atoms with E-state index >= 15 is 4.39 Å². The fourth-order valence-corrected chi connectivity index (χ4v) is 5.71. The number of aromatic nitrogens is 3. The van der Waals surface area contributed by atoms with Crippen molar-refractivity contribution in [1.82, 2.24) is 19.4 Å². The monoisotopic (exact) mass is 534 g/mol. The summed E-state index contributed by atoms with van der Waals surface area (Å²) < 4.78 is 22.5. The molecule has 2 aliphatic rings. The highest BCUT2D eigenvalue weighted by Gasteiger charge is 2.29. The summed E-state index contributed by atoms with van der Waals surface area (Å²) in [6.07, 6.45) is 3.71. The third kappa shape index (κ3) is 5.39. The number of pyridine rings is 1. The number of anilines is 1. The zero-order valence-electron chi connectivity index (χ0n) is 22.7. The van der Waals surface area contributed by atoms with Gasteiger partial charge in [-0.3, -0.25) is 9.64 Å². The van der Waals surface area contributed by atoms with Gasteiger partial charge in [-0.05, 0) is 52.2 Å². The van der Waals surface area contributed by atoms with Gasteiger partial charge in [0.05, 0.1) is 30.5 Å². The Morgan fingerprint density at radius 2 is 2.13 bits per heavy atom. The van der Waals surface area contributed by atoms with Gasteiger partial charge in [0.25, 0.3) is 6.17 Å². The van der Waals surface area contributed by atoms with Crippen molar-refractivity contribution in [1.29, 1.82) is 0 Å². The maximum Gasteiger partial charge on any atom is 0.280 e. The second kappa shape index (κ2) is 11.4. The first-order chi connectivity index (χ1) is 18.8. The van der Waals surface area contributed by atoms with Crippen LogP contribution in [0.4, 0.5) is 10.3 Å². The Balaban J connectivity index is 1.58. The molecule has 39 heavy (non-hydrogen) atoms. The molecule has 3 aromatic rings. The lowest BCUT2D eigenvalue weighted by Gasteiger charge is -2.31. The van der Waals surface area contributed by atoms with Crippen LogP contribution in [0.15, 0.2) is 29.2 Å². The smallest absolute Gasteiger partial charge is 0.280 e. The number of hydrogen-bond donors (Lipinski definition) is 2. The number of halogens is 1. The van der Waals surface area contributed by atoms with Gasteiger partial charge < -0.3 is 19.7 Å². The second-order valence-electron chi connectivity index (χ2n) is 10.7. The highest BCUT2D eigenvalue weighted by atomic mass is 19.1. The number of aliphatic hydroxyl groups is 1. The molecule has 10 heteroatoms. The molecule has 2 saturated heterocycles. The summed E-state index contributed by atoms with van der Waals surface area (Å²) in [5.74, 6) is -0.356. The van der Waals surface area contributed by atoms with Gasteiger partial charge in [0.15, 0.2) is 11.2 Å². The topological polar surface area (TPSA) is 96.9 Å². The predicted molar refractivity (Wildman–Crippen MR) is 148 cm³/mol. The molecule has 0 bridgehead atoms. The molecule has 2 N–H and O–H groups in total. The van der Waals surface area contributed by atoms with Gasteiger partial charge in [-0.1, -0.05) is 6.07 Å². The zero-order chi connectivity index (χ0) is 27.7. The Bertz CT molecular complexity index is 1470. The Hall–Kier alpha value is -3.39. The van der Waals surface area contributed by atoms with Crippen LogP contribution in [-0.2, 0) is 11.3 Å². The van der Waals surface area contributed by atoms with Gasteiger partial charge in [-0.2, -0.15) is 0 Å². The number of hydrogen-bond acceptors (Lipinski definition) is 7. The first-order valence-corrected chi connectivity index (χ1v) is 13.6. The number of nitrogens with zero attached hydrogens (tertiary/aromatic N) is 5. The molecule has 206 valence electrons. The lowest BCUT2D eigenvalue weighted by Crippen LogP contribution is -2.42. The maximum absolute atomic E-state index is 15.1. The van der Waals surface area contributed by atoms with E-state index in [0.29, 0.717) is 41.6 Å². The van der Waals surface area contributed by atoms with Crippen LogP contribution in [0.3, 0.4) is 0 Å². The van der Waals surface area contributed by atoms with Crippen molar-refractivity contribution in [3.05, 3.63) is 63.1 Å². The third-order valence-electron chi connectivity index (χ3n) is 7.82. The van der Waals surface area contributed by atoms with E-state index in [2.05, 4.69) is 43.4 Å². The third-order valence-corrected chi connectivity index (χ3v) is 7.82. The average molecular weight is 535 g/mol. The van der Waals surface area contributed by atoms with E-state index in [1.54, 1.807) is 12.1 Å². The summed E-state index contributed by atoms with van der Waals surface area (Å²) in [7, 11) is 0. The van der Waals surface area contributed by atoms with E-state index in [1.807, 2.05) is 13.0 Å². The van der Waals surface area contributed by atoms with Gasteiger partial charge in [-0.25, -0.2) is 25.8 Å². The summed E-state index contributed by atoms with van der Waals surface area (Å²) >= 11 is 0. The van der Waals surface area contributed by atoms with E-state index in [-0.39, 0.29) is 41.9 Å². The summed E-state index contributed by atoms with van der Waals surface area (Å²) in [6, 6.07) is 5.00. The number of rotatable bonds is 6. The van der Waals surface area contributed by atoms with Gasteiger partial charge in [0.2, 0.25) is 5.95 Å². The minimum Gasteiger partial charge on any atom is -0.389 e. The van der Waals surface area contributed by atoms with Gasteiger partial charge in [0, 0.05) is 54.4 Å². The lowest BCUT2D eigenvalue weighted by molar-refractivity contribution is -0.0136. The normalized spacial score (nSPS) is 22.2. The highest BCUT2D eigenvalue weighted by Crippen LogP contribution is 2.30. The number of nitrogens with one attached hydrogen (secondary N) is 1. The zero-order valence-corrected chi connectivity index (χ0v) is 22.7. The molecule has 0 spiro atoms. The van der Waals surface area contributed by atoms with Crippen LogP contribution < -0.4 is 10.7 Å². The standard InChI is InChI=1S/C29H35FN6O3/c1-17(2)36-23-13-19(27-21(30)14-32-29(34-27)33-22-10-12-39-16-25(22)37)8-9-20(23)28(38)18(3)24(36)15-35-11-6-5-7-26(35)31-4/h8-9,13-14,17,22,25-26,37H,5-7,10-12,15-16H2,1-3H3,(H,32,33,34)/t22-,25-,26?/m1/s1. The number of benzene rings is 1. The Morgan fingerprint density at radius 1 is 1.31 bits per heavy atom. The Kier molecular flexibility index (Phi) is 7.93. The lowest BCUT2D eigenvalue weighted by atomic mass is 10.0. The van der Waals surface area contributed by atoms with E-state index in [9.17, 15) is 9.90 Å². The summed E-state index contributed by atoms with van der Waals surface area (Å²) in [5, 5.41) is 13.9. The minimum absolute atomic E-state index is 0.0238. The molecule has 3 atom stereocenters. The van der Waals surface area contributed by atoms with Crippen molar-refractivity contribution in [3.63, 3.8) is 0 Å². The molecule has 0 amide bonds. The second-order valence-corrected chi connectivity index (χ2v) is 10.7. The molecule has 2 aliphatic heterocycles. The van der Waals surface area contributed by atoms with E-state index in [1.165, 1.54) is 0 Å². The molecule has 5 rings (SSSR count). The molecule has 1 aromatic carbocycles. The first kappa shape index (κ1) is 27.2. The molecule has 0 saturated carbocycles. The minimum atomic E-state index is -0.707. The fraction of sp³-hybridized carbons (Fsp3) is 0.517. The van der Waals surface area contributed by atoms with Crippen LogP contribution >= 0.6 is 0 Å². The van der Waals surface area contributed by atoms with Crippen LogP contribution in [0.25, 0.3) is 27.0 Å². The molecule has 9 nitrogen and oxygen atoms in total. The largest absolute Gasteiger partial charge is 0.389 e. The van der Waals surface area contributed by atoms with Crippen molar-refractivity contribution in [2.75, 3.05) is 25.1 Å². The summed E-state index contributed by atoms with van der Waals surface area (Å²) in [4.78, 5) is 28.0. The van der Waals surface area contributed by atoms with Crippen LogP contribution in [0.2, 0.25) is 0 Å². The van der Waals surface area contributed by atoms with E-state index in [0.717, 1.165) is 37.7 Å². The molecule has 2 fully saturated rings. The fourth-order valence-electron chi connectivity index (χ4n) is 5.71. The van der Waals surface area contributed by atoms with Crippen LogP contribution in [0, 0.1) is 19.3 Å². The van der Waals surface area contributed by atoms with Crippen LogP contribution in [-0.4, -0.2) is 62.6 Å². The van der Waals surface area contributed by atoms with Crippen molar-refractivity contribution in [3.8, 4) is 11.3 Å². The average Bonchev–Trinajstić information content (AvgIpc) is 2.93. The highest BCUT2D eigenvalue weighted by molar-refractivity contribution is 5.85. The van der Waals surface area contributed by atoms with E-state index < -0.39 is 11.9 Å². The first-order valence-electron chi connectivity index (χ1n) is 13.6. The number of ether oxygens (including phenoxy) is 1. The van der Waals surface area contributed by atoms with Gasteiger partial charge >= 0.3 is 0 Å². The summed E-state index contributed by atoms with van der Waals surface area (Å²) in [5.41, 5.74) is 2.85. The molecule has 1 unspecified atom stereocenters. The van der Waals surface area contributed by atoms with Crippen LogP contribution in [0.5, 0.6) is 0 Å². The van der Waals surface area contributed by atoms with E-state index in [4.69, 9.17) is 11.3 Å². The van der Waals surface area contributed by atoms with Crippen molar-refractivity contribution >= 4 is 16.9 Å². The van der Waals surface area contributed by atoms with Crippen molar-refractivity contribution < 1.29 is 14.2 Å². The quantitative estimate of drug-likeness (QED) is 0.456.